The molecule has 4 rings (SSSR count). The highest BCUT2D eigenvalue weighted by Gasteiger charge is 2.46. The molecule has 2 fully saturated rings. The first-order valence-corrected chi connectivity index (χ1v) is 12.4. The predicted octanol–water partition coefficient (Wildman–Crippen LogP) is 2.15. The number of benzene rings is 2. The molecule has 0 saturated carbocycles. The maximum atomic E-state index is 13.1. The molecule has 0 spiro atoms. The Morgan fingerprint density at radius 1 is 1.09 bits per heavy atom. The third-order valence-corrected chi connectivity index (χ3v) is 7.75. The molecule has 3 unspecified atom stereocenters. The number of alkyl carbamates (subject to hydrolysis) is 1. The number of ether oxygens (including phenoxy) is 2. The molecule has 2 amide bonds. The van der Waals surface area contributed by atoms with Crippen LogP contribution >= 0.6 is 0 Å². The highest BCUT2D eigenvalue weighted by Crippen LogP contribution is 2.34. The zero-order valence-electron chi connectivity index (χ0n) is 18.6. The fraction of sp³-hybridized carbons (Fsp3) is 0.333. The molecule has 2 saturated heterocycles. The van der Waals surface area contributed by atoms with Crippen LogP contribution in [0.25, 0.3) is 0 Å². The molecule has 0 radical (unpaired) electrons. The van der Waals surface area contributed by atoms with Gasteiger partial charge in [0.1, 0.15) is 12.8 Å². The molecule has 2 N–H and O–H groups in total. The molecule has 2 heterocycles. The van der Waals surface area contributed by atoms with Crippen molar-refractivity contribution in [2.45, 2.75) is 36.8 Å². The standard InChI is InChI=1S/C24H27N3O6S/c1-2-22(28)26-23-12-19-14-27(15-21(19)33-23)34(30,31)20-10-8-17(9-11-20)13-25-24(29)32-16-18-6-4-3-5-7-18/h2-11,19,21,23H,1,12-16H2,(H,25,29)(H,26,28). The molecule has 2 aromatic rings. The third-order valence-electron chi connectivity index (χ3n) is 5.90. The zero-order chi connectivity index (χ0) is 24.1. The molecule has 2 aliphatic heterocycles. The minimum Gasteiger partial charge on any atom is -0.445 e. The van der Waals surface area contributed by atoms with Gasteiger partial charge in [-0.05, 0) is 35.8 Å². The number of nitrogens with one attached hydrogen (secondary N) is 2. The minimum absolute atomic E-state index is 0.0234. The van der Waals surface area contributed by atoms with E-state index in [9.17, 15) is 18.0 Å². The molecule has 10 heteroatoms. The number of carbonyl (C=O) groups is 2. The van der Waals surface area contributed by atoms with Gasteiger partial charge in [-0.15, -0.1) is 0 Å². The summed E-state index contributed by atoms with van der Waals surface area (Å²) in [5.41, 5.74) is 1.64. The van der Waals surface area contributed by atoms with Crippen molar-refractivity contribution in [1.82, 2.24) is 14.9 Å². The number of sulfonamides is 1. The second-order valence-corrected chi connectivity index (χ2v) is 10.2. The molecule has 3 atom stereocenters. The summed E-state index contributed by atoms with van der Waals surface area (Å²) in [5, 5.41) is 5.36. The van der Waals surface area contributed by atoms with E-state index in [-0.39, 0.29) is 42.5 Å². The number of amides is 2. The van der Waals surface area contributed by atoms with E-state index in [4.69, 9.17) is 9.47 Å². The second kappa shape index (κ2) is 10.4. The largest absolute Gasteiger partial charge is 0.445 e. The molecule has 34 heavy (non-hydrogen) atoms. The second-order valence-electron chi connectivity index (χ2n) is 8.25. The Balaban J connectivity index is 1.27. The van der Waals surface area contributed by atoms with Crippen LogP contribution in [-0.4, -0.2) is 50.1 Å². The van der Waals surface area contributed by atoms with E-state index in [0.717, 1.165) is 11.1 Å². The van der Waals surface area contributed by atoms with Crippen molar-refractivity contribution < 1.29 is 27.5 Å². The van der Waals surface area contributed by atoms with Crippen LogP contribution in [0.15, 0.2) is 72.1 Å². The molecule has 0 bridgehead atoms. The van der Waals surface area contributed by atoms with Gasteiger partial charge >= 0.3 is 6.09 Å². The smallest absolute Gasteiger partial charge is 0.407 e. The van der Waals surface area contributed by atoms with Crippen LogP contribution in [-0.2, 0) is 37.4 Å². The SMILES string of the molecule is C=CC(=O)NC1CC2CN(S(=O)(=O)c3ccc(CNC(=O)OCc4ccccc4)cc3)CC2O1. The molecule has 9 nitrogen and oxygen atoms in total. The topological polar surface area (TPSA) is 114 Å². The van der Waals surface area contributed by atoms with Gasteiger partial charge in [0.05, 0.1) is 11.0 Å². The van der Waals surface area contributed by atoms with Crippen molar-refractivity contribution in [3.8, 4) is 0 Å². The fourth-order valence-electron chi connectivity index (χ4n) is 4.11. The first-order valence-electron chi connectivity index (χ1n) is 11.0. The van der Waals surface area contributed by atoms with E-state index < -0.39 is 22.3 Å². The van der Waals surface area contributed by atoms with Crippen LogP contribution < -0.4 is 10.6 Å². The lowest BCUT2D eigenvalue weighted by molar-refractivity contribution is -0.120. The van der Waals surface area contributed by atoms with E-state index in [1.54, 1.807) is 12.1 Å². The maximum absolute atomic E-state index is 13.1. The summed E-state index contributed by atoms with van der Waals surface area (Å²) in [6.45, 7) is 4.38. The summed E-state index contributed by atoms with van der Waals surface area (Å²) < 4.78 is 38.5. The lowest BCUT2D eigenvalue weighted by Crippen LogP contribution is -2.37. The summed E-state index contributed by atoms with van der Waals surface area (Å²) in [4.78, 5) is 23.5. The summed E-state index contributed by atoms with van der Waals surface area (Å²) in [7, 11) is -3.68. The Kier molecular flexibility index (Phi) is 7.30. The normalized spacial score (nSPS) is 22.1. The van der Waals surface area contributed by atoms with Crippen LogP contribution in [0, 0.1) is 5.92 Å². The van der Waals surface area contributed by atoms with Crippen LogP contribution in [0.2, 0.25) is 0 Å². The van der Waals surface area contributed by atoms with Gasteiger partial charge in [-0.2, -0.15) is 4.31 Å². The van der Waals surface area contributed by atoms with Crippen molar-refractivity contribution >= 4 is 22.0 Å². The molecular weight excluding hydrogens is 458 g/mol. The third kappa shape index (κ3) is 5.64. The molecule has 180 valence electrons. The van der Waals surface area contributed by atoms with Crippen molar-refractivity contribution in [3.63, 3.8) is 0 Å². The summed E-state index contributed by atoms with van der Waals surface area (Å²) in [6, 6.07) is 15.8. The molecule has 2 aromatic carbocycles. The Labute approximate surface area is 198 Å². The zero-order valence-corrected chi connectivity index (χ0v) is 19.4. The van der Waals surface area contributed by atoms with Gasteiger partial charge in [-0.1, -0.05) is 49.0 Å². The van der Waals surface area contributed by atoms with Gasteiger partial charge in [0.25, 0.3) is 0 Å². The summed E-state index contributed by atoms with van der Waals surface area (Å²) >= 11 is 0. The highest BCUT2D eigenvalue weighted by atomic mass is 32.2. The molecular formula is C24H27N3O6S. The Hall–Kier alpha value is -3.21. The number of rotatable bonds is 8. The molecule has 2 aliphatic rings. The summed E-state index contributed by atoms with van der Waals surface area (Å²) in [5.74, 6) is -0.288. The van der Waals surface area contributed by atoms with Crippen molar-refractivity contribution in [2.24, 2.45) is 5.92 Å². The molecule has 0 aliphatic carbocycles. The van der Waals surface area contributed by atoms with Gasteiger partial charge in [-0.3, -0.25) is 4.79 Å². The first kappa shape index (κ1) is 23.9. The van der Waals surface area contributed by atoms with Crippen LogP contribution in [0.4, 0.5) is 4.79 Å². The highest BCUT2D eigenvalue weighted by molar-refractivity contribution is 7.89. The predicted molar refractivity (Wildman–Crippen MR) is 124 cm³/mol. The minimum atomic E-state index is -3.68. The maximum Gasteiger partial charge on any atom is 0.407 e. The van der Waals surface area contributed by atoms with Crippen molar-refractivity contribution in [3.05, 3.63) is 78.4 Å². The van der Waals surface area contributed by atoms with Gasteiger partial charge in [0.2, 0.25) is 15.9 Å². The lowest BCUT2D eigenvalue weighted by Gasteiger charge is -2.19. The van der Waals surface area contributed by atoms with E-state index in [2.05, 4.69) is 17.2 Å². The number of hydrogen-bond donors (Lipinski definition) is 2. The fourth-order valence-corrected chi connectivity index (χ4v) is 5.62. The van der Waals surface area contributed by atoms with Gasteiger partial charge < -0.3 is 20.1 Å². The van der Waals surface area contributed by atoms with E-state index in [1.807, 2.05) is 30.3 Å². The van der Waals surface area contributed by atoms with Gasteiger partial charge in [-0.25, -0.2) is 13.2 Å². The van der Waals surface area contributed by atoms with Crippen LogP contribution in [0.1, 0.15) is 17.5 Å². The number of carbonyl (C=O) groups excluding carboxylic acids is 2. The average molecular weight is 486 g/mol. The van der Waals surface area contributed by atoms with Crippen molar-refractivity contribution in [2.75, 3.05) is 13.1 Å². The van der Waals surface area contributed by atoms with E-state index >= 15 is 0 Å². The quantitative estimate of drug-likeness (QED) is 0.554. The number of fused-ring (bicyclic) bond motifs is 1. The molecule has 0 aromatic heterocycles. The number of hydrogen-bond acceptors (Lipinski definition) is 6. The lowest BCUT2D eigenvalue weighted by atomic mass is 10.1. The Morgan fingerprint density at radius 3 is 2.50 bits per heavy atom. The monoisotopic (exact) mass is 485 g/mol. The number of nitrogens with zero attached hydrogens (tertiary/aromatic N) is 1. The van der Waals surface area contributed by atoms with Gasteiger partial charge in [0, 0.05) is 25.6 Å². The average Bonchev–Trinajstić information content (AvgIpc) is 3.41. The Morgan fingerprint density at radius 2 is 1.82 bits per heavy atom. The van der Waals surface area contributed by atoms with Gasteiger partial charge in [0.15, 0.2) is 0 Å². The Bertz CT molecular complexity index is 1120. The van der Waals surface area contributed by atoms with Crippen LogP contribution in [0.5, 0.6) is 0 Å². The van der Waals surface area contributed by atoms with E-state index in [0.29, 0.717) is 13.0 Å². The van der Waals surface area contributed by atoms with Crippen LogP contribution in [0.3, 0.4) is 0 Å². The van der Waals surface area contributed by atoms with Crippen molar-refractivity contribution in [1.29, 1.82) is 0 Å². The van der Waals surface area contributed by atoms with E-state index in [1.165, 1.54) is 22.5 Å². The first-order chi connectivity index (χ1) is 16.3. The summed E-state index contributed by atoms with van der Waals surface area (Å²) in [6.07, 6.45) is 0.515.